The van der Waals surface area contributed by atoms with Crippen LogP contribution in [0.5, 0.6) is 0 Å². The molecule has 2 N–H and O–H groups in total. The van der Waals surface area contributed by atoms with Crippen molar-refractivity contribution in [3.05, 3.63) is 20.3 Å². The van der Waals surface area contributed by atoms with Crippen LogP contribution in [0.1, 0.15) is 6.42 Å². The number of aliphatic hydroxyl groups is 1. The summed E-state index contributed by atoms with van der Waals surface area (Å²) in [6.45, 7) is 1.32. The van der Waals surface area contributed by atoms with Gasteiger partial charge in [0.05, 0.1) is 12.4 Å². The number of halogens is 1. The van der Waals surface area contributed by atoms with E-state index < -0.39 is 0 Å². The van der Waals surface area contributed by atoms with Crippen molar-refractivity contribution in [2.75, 3.05) is 18.0 Å². The zero-order valence-electron chi connectivity index (χ0n) is 7.40. The summed E-state index contributed by atoms with van der Waals surface area (Å²) >= 11 is 1.97. The Morgan fingerprint density at radius 1 is 1.71 bits per heavy atom. The van der Waals surface area contributed by atoms with Gasteiger partial charge >= 0.3 is 0 Å². The number of rotatable bonds is 1. The molecule has 1 aliphatic rings. The van der Waals surface area contributed by atoms with Crippen LogP contribution in [0.2, 0.25) is 0 Å². The first-order chi connectivity index (χ1) is 6.68. The van der Waals surface area contributed by atoms with E-state index in [1.54, 1.807) is 0 Å². The Morgan fingerprint density at radius 3 is 3.14 bits per heavy atom. The van der Waals surface area contributed by atoms with Crippen LogP contribution in [-0.4, -0.2) is 34.3 Å². The Hall–Kier alpha value is -0.630. The van der Waals surface area contributed by atoms with Crippen LogP contribution < -0.4 is 10.5 Å². The number of aliphatic hydroxyl groups excluding tert-OH is 1. The third kappa shape index (κ3) is 1.76. The molecule has 76 valence electrons. The van der Waals surface area contributed by atoms with E-state index in [0.29, 0.717) is 15.9 Å². The van der Waals surface area contributed by atoms with Gasteiger partial charge in [0.25, 0.3) is 5.56 Å². The van der Waals surface area contributed by atoms with Gasteiger partial charge in [-0.05, 0) is 29.0 Å². The smallest absolute Gasteiger partial charge is 0.266 e. The van der Waals surface area contributed by atoms with Gasteiger partial charge < -0.3 is 15.0 Å². The Morgan fingerprint density at radius 2 is 2.50 bits per heavy atom. The topological polar surface area (TPSA) is 69.2 Å². The largest absolute Gasteiger partial charge is 0.391 e. The van der Waals surface area contributed by atoms with Gasteiger partial charge in [0, 0.05) is 13.1 Å². The predicted molar refractivity (Wildman–Crippen MR) is 60.4 cm³/mol. The summed E-state index contributed by atoms with van der Waals surface area (Å²) in [7, 11) is 0. The van der Waals surface area contributed by atoms with Crippen LogP contribution >= 0.6 is 22.6 Å². The number of aromatic amines is 1. The molecule has 1 aromatic heterocycles. The van der Waals surface area contributed by atoms with Crippen LogP contribution in [0, 0.1) is 3.57 Å². The zero-order chi connectivity index (χ0) is 10.1. The minimum atomic E-state index is -0.299. The average Bonchev–Trinajstić information content (AvgIpc) is 2.57. The van der Waals surface area contributed by atoms with Crippen molar-refractivity contribution in [2.24, 2.45) is 0 Å². The molecule has 0 bridgehead atoms. The molecule has 0 aromatic carbocycles. The number of aromatic nitrogens is 2. The third-order valence-electron chi connectivity index (χ3n) is 2.24. The fourth-order valence-electron chi connectivity index (χ4n) is 1.53. The Balaban J connectivity index is 2.33. The normalized spacial score (nSPS) is 21.6. The number of nitrogens with one attached hydrogen (secondary N) is 1. The summed E-state index contributed by atoms with van der Waals surface area (Å²) in [4.78, 5) is 19.8. The van der Waals surface area contributed by atoms with Gasteiger partial charge in [-0.15, -0.1) is 0 Å². The third-order valence-corrected chi connectivity index (χ3v) is 3.21. The minimum Gasteiger partial charge on any atom is -0.391 e. The summed E-state index contributed by atoms with van der Waals surface area (Å²) in [5.74, 6) is 0.672. The molecule has 5 nitrogen and oxygen atoms in total. The number of anilines is 1. The highest BCUT2D eigenvalue weighted by Crippen LogP contribution is 2.20. The van der Waals surface area contributed by atoms with Crippen molar-refractivity contribution < 1.29 is 5.11 Å². The van der Waals surface area contributed by atoms with Crippen LogP contribution in [0.25, 0.3) is 0 Å². The molecule has 1 aromatic rings. The molecule has 0 amide bonds. The number of hydrogen-bond donors (Lipinski definition) is 2. The van der Waals surface area contributed by atoms with Gasteiger partial charge in [-0.25, -0.2) is 4.98 Å². The van der Waals surface area contributed by atoms with Gasteiger partial charge in [-0.3, -0.25) is 4.79 Å². The maximum atomic E-state index is 11.3. The number of hydrogen-bond acceptors (Lipinski definition) is 4. The quantitative estimate of drug-likeness (QED) is 0.714. The summed E-state index contributed by atoms with van der Waals surface area (Å²) in [5.41, 5.74) is -0.128. The fraction of sp³-hybridized carbons (Fsp3) is 0.500. The molecule has 1 atom stereocenters. The lowest BCUT2D eigenvalue weighted by molar-refractivity contribution is 0.198. The lowest BCUT2D eigenvalue weighted by atomic mass is 10.3. The first kappa shape index (κ1) is 9.91. The van der Waals surface area contributed by atoms with Gasteiger partial charge in [0.15, 0.2) is 0 Å². The van der Waals surface area contributed by atoms with Gasteiger partial charge in [-0.1, -0.05) is 0 Å². The number of nitrogens with zero attached hydrogens (tertiary/aromatic N) is 2. The van der Waals surface area contributed by atoms with Crippen molar-refractivity contribution in [1.82, 2.24) is 9.97 Å². The van der Waals surface area contributed by atoms with Crippen LogP contribution in [0.3, 0.4) is 0 Å². The Bertz CT molecular complexity index is 392. The molecule has 0 unspecified atom stereocenters. The monoisotopic (exact) mass is 307 g/mol. The lowest BCUT2D eigenvalue weighted by Crippen LogP contribution is -2.26. The zero-order valence-corrected chi connectivity index (χ0v) is 9.56. The van der Waals surface area contributed by atoms with E-state index in [4.69, 9.17) is 0 Å². The molecule has 0 spiro atoms. The molecule has 1 fully saturated rings. The molecule has 1 saturated heterocycles. The van der Waals surface area contributed by atoms with Crippen molar-refractivity contribution in [3.63, 3.8) is 0 Å². The highest BCUT2D eigenvalue weighted by molar-refractivity contribution is 14.1. The van der Waals surface area contributed by atoms with E-state index in [1.165, 1.54) is 6.33 Å². The average molecular weight is 307 g/mol. The summed E-state index contributed by atoms with van der Waals surface area (Å²) < 4.78 is 0.583. The number of β-amino-alcohol motifs (C(OH)–C–C–N with tert-alkyl or cyclic N) is 1. The second-order valence-corrected chi connectivity index (χ2v) is 4.34. The van der Waals surface area contributed by atoms with Crippen LogP contribution in [0.15, 0.2) is 11.1 Å². The molecule has 0 radical (unpaired) electrons. The minimum absolute atomic E-state index is 0.128. The van der Waals surface area contributed by atoms with E-state index in [2.05, 4.69) is 9.97 Å². The van der Waals surface area contributed by atoms with Gasteiger partial charge in [0.2, 0.25) is 0 Å². The summed E-state index contributed by atoms with van der Waals surface area (Å²) in [6.07, 6.45) is 1.83. The first-order valence-corrected chi connectivity index (χ1v) is 5.42. The fourth-order valence-corrected chi connectivity index (χ4v) is 2.16. The standard InChI is InChI=1S/C8H10IN3O2/c9-6-7(10-4-11-8(6)14)12-2-1-5(13)3-12/h4-5,13H,1-3H2,(H,10,11,14)/t5-/m0/s1. The first-order valence-electron chi connectivity index (χ1n) is 4.34. The summed E-state index contributed by atoms with van der Waals surface area (Å²) in [5, 5.41) is 9.36. The predicted octanol–water partition coefficient (Wildman–Crippen LogP) is -0.0545. The number of H-pyrrole nitrogens is 1. The van der Waals surface area contributed by atoms with E-state index in [0.717, 1.165) is 13.0 Å². The lowest BCUT2D eigenvalue weighted by Gasteiger charge is -2.16. The van der Waals surface area contributed by atoms with Crippen molar-refractivity contribution in [1.29, 1.82) is 0 Å². The van der Waals surface area contributed by atoms with Gasteiger partial charge in [0.1, 0.15) is 9.39 Å². The van der Waals surface area contributed by atoms with Crippen molar-refractivity contribution >= 4 is 28.4 Å². The SMILES string of the molecule is O=c1[nH]cnc(N2CC[C@H](O)C2)c1I. The molecule has 14 heavy (non-hydrogen) atoms. The second kappa shape index (κ2) is 3.85. The molecule has 6 heteroatoms. The molecule has 0 saturated carbocycles. The summed E-state index contributed by atoms with van der Waals surface area (Å²) in [6, 6.07) is 0. The Labute approximate surface area is 94.3 Å². The van der Waals surface area contributed by atoms with E-state index in [9.17, 15) is 9.90 Å². The van der Waals surface area contributed by atoms with Crippen molar-refractivity contribution in [3.8, 4) is 0 Å². The van der Waals surface area contributed by atoms with Crippen molar-refractivity contribution in [2.45, 2.75) is 12.5 Å². The van der Waals surface area contributed by atoms with Crippen LogP contribution in [-0.2, 0) is 0 Å². The van der Waals surface area contributed by atoms with Crippen LogP contribution in [0.4, 0.5) is 5.82 Å². The second-order valence-electron chi connectivity index (χ2n) is 3.26. The molecule has 2 heterocycles. The maximum Gasteiger partial charge on any atom is 0.266 e. The van der Waals surface area contributed by atoms with Gasteiger partial charge in [-0.2, -0.15) is 0 Å². The highest BCUT2D eigenvalue weighted by atomic mass is 127. The molecule has 1 aliphatic heterocycles. The molecular weight excluding hydrogens is 297 g/mol. The Kier molecular flexibility index (Phi) is 2.73. The van der Waals surface area contributed by atoms with E-state index in [1.807, 2.05) is 27.5 Å². The molecule has 2 rings (SSSR count). The molecule has 0 aliphatic carbocycles. The maximum absolute atomic E-state index is 11.3. The molecular formula is C8H10IN3O2. The highest BCUT2D eigenvalue weighted by Gasteiger charge is 2.23. The van der Waals surface area contributed by atoms with E-state index in [-0.39, 0.29) is 11.7 Å². The van der Waals surface area contributed by atoms with E-state index >= 15 is 0 Å².